The second kappa shape index (κ2) is 9.92. The van der Waals surface area contributed by atoms with Crippen LogP contribution in [0, 0.1) is 11.8 Å². The zero-order chi connectivity index (χ0) is 21.7. The van der Waals surface area contributed by atoms with E-state index in [1.54, 1.807) is 30.9 Å². The van der Waals surface area contributed by atoms with Crippen LogP contribution in [-0.2, 0) is 19.6 Å². The molecule has 166 valence electrons. The van der Waals surface area contributed by atoms with Gasteiger partial charge in [-0.2, -0.15) is 4.31 Å². The molecule has 7 nitrogen and oxygen atoms in total. The molecular weight excluding hydrogens is 402 g/mol. The highest BCUT2D eigenvalue weighted by molar-refractivity contribution is 7.89. The SMILES string of the molecule is CCN(CC)S(=O)(=O)c1ccc(N2C[C@@H](C(=O)NCC3CCCCC3)CC2=O)cc1. The number of sulfonamides is 1. The molecule has 0 spiro atoms. The van der Waals surface area contributed by atoms with Crippen LogP contribution in [0.5, 0.6) is 0 Å². The molecule has 0 radical (unpaired) electrons. The van der Waals surface area contributed by atoms with Crippen molar-refractivity contribution in [3.63, 3.8) is 0 Å². The van der Waals surface area contributed by atoms with Crippen molar-refractivity contribution in [2.24, 2.45) is 11.8 Å². The predicted molar refractivity (Wildman–Crippen MR) is 117 cm³/mol. The third kappa shape index (κ3) is 5.03. The first-order chi connectivity index (χ1) is 14.4. The van der Waals surface area contributed by atoms with Crippen LogP contribution in [0.1, 0.15) is 52.4 Å². The van der Waals surface area contributed by atoms with Gasteiger partial charge in [0, 0.05) is 38.3 Å². The number of nitrogens with one attached hydrogen (secondary N) is 1. The van der Waals surface area contributed by atoms with Crippen molar-refractivity contribution in [3.05, 3.63) is 24.3 Å². The van der Waals surface area contributed by atoms with E-state index in [2.05, 4.69) is 5.32 Å². The highest BCUT2D eigenvalue weighted by atomic mass is 32.2. The summed E-state index contributed by atoms with van der Waals surface area (Å²) in [5.74, 6) is 0.0284. The fourth-order valence-electron chi connectivity index (χ4n) is 4.42. The third-order valence-electron chi connectivity index (χ3n) is 6.28. The molecule has 1 aromatic carbocycles. The first-order valence-electron chi connectivity index (χ1n) is 11.0. The lowest BCUT2D eigenvalue weighted by Gasteiger charge is -2.22. The normalized spacial score (nSPS) is 20.7. The van der Waals surface area contributed by atoms with E-state index in [0.717, 1.165) is 0 Å². The number of carbonyl (C=O) groups is 2. The maximum atomic E-state index is 12.6. The lowest BCUT2D eigenvalue weighted by atomic mass is 9.89. The summed E-state index contributed by atoms with van der Waals surface area (Å²) in [6, 6.07) is 6.37. The van der Waals surface area contributed by atoms with Crippen LogP contribution < -0.4 is 10.2 Å². The molecule has 0 unspecified atom stereocenters. The van der Waals surface area contributed by atoms with E-state index in [-0.39, 0.29) is 29.0 Å². The monoisotopic (exact) mass is 435 g/mol. The van der Waals surface area contributed by atoms with Crippen LogP contribution >= 0.6 is 0 Å². The summed E-state index contributed by atoms with van der Waals surface area (Å²) in [6.45, 7) is 5.44. The van der Waals surface area contributed by atoms with Gasteiger partial charge < -0.3 is 10.2 Å². The summed E-state index contributed by atoms with van der Waals surface area (Å²) in [4.78, 5) is 26.9. The molecule has 3 rings (SSSR count). The zero-order valence-corrected chi connectivity index (χ0v) is 18.8. The molecule has 0 bridgehead atoms. The van der Waals surface area contributed by atoms with Crippen molar-refractivity contribution in [2.45, 2.75) is 57.3 Å². The molecule has 1 aliphatic carbocycles. The van der Waals surface area contributed by atoms with Crippen LogP contribution in [0.15, 0.2) is 29.2 Å². The van der Waals surface area contributed by atoms with Gasteiger partial charge in [0.05, 0.1) is 10.8 Å². The highest BCUT2D eigenvalue weighted by Crippen LogP contribution is 2.28. The maximum Gasteiger partial charge on any atom is 0.243 e. The van der Waals surface area contributed by atoms with Gasteiger partial charge in [0.15, 0.2) is 0 Å². The summed E-state index contributed by atoms with van der Waals surface area (Å²) in [7, 11) is -3.53. The van der Waals surface area contributed by atoms with Gasteiger partial charge in [-0.25, -0.2) is 8.42 Å². The average Bonchev–Trinajstić information content (AvgIpc) is 3.15. The van der Waals surface area contributed by atoms with E-state index < -0.39 is 10.0 Å². The molecule has 30 heavy (non-hydrogen) atoms. The topological polar surface area (TPSA) is 86.8 Å². The molecule has 0 aromatic heterocycles. The van der Waals surface area contributed by atoms with Crippen molar-refractivity contribution in [2.75, 3.05) is 31.1 Å². The molecule has 1 aliphatic heterocycles. The quantitative estimate of drug-likeness (QED) is 0.680. The van der Waals surface area contributed by atoms with E-state index in [1.165, 1.54) is 48.5 Å². The van der Waals surface area contributed by atoms with Crippen LogP contribution in [0.4, 0.5) is 5.69 Å². The predicted octanol–water partition coefficient (Wildman–Crippen LogP) is 2.77. The Balaban J connectivity index is 1.61. The Morgan fingerprint density at radius 1 is 1.10 bits per heavy atom. The minimum absolute atomic E-state index is 0.0582. The molecule has 1 saturated heterocycles. The fraction of sp³-hybridized carbons (Fsp3) is 0.636. The molecule has 1 heterocycles. The Kier molecular flexibility index (Phi) is 7.52. The summed E-state index contributed by atoms with van der Waals surface area (Å²) >= 11 is 0. The molecule has 8 heteroatoms. The van der Waals surface area contributed by atoms with Crippen molar-refractivity contribution in [1.82, 2.24) is 9.62 Å². The van der Waals surface area contributed by atoms with Crippen LogP contribution in [0.3, 0.4) is 0 Å². The van der Waals surface area contributed by atoms with Gasteiger partial charge in [0.2, 0.25) is 21.8 Å². The number of hydrogen-bond acceptors (Lipinski definition) is 4. The first-order valence-corrected chi connectivity index (χ1v) is 12.5. The van der Waals surface area contributed by atoms with Gasteiger partial charge in [0.25, 0.3) is 0 Å². The Morgan fingerprint density at radius 2 is 1.73 bits per heavy atom. The second-order valence-corrected chi connectivity index (χ2v) is 10.2. The lowest BCUT2D eigenvalue weighted by Crippen LogP contribution is -2.36. The number of rotatable bonds is 8. The van der Waals surface area contributed by atoms with Gasteiger partial charge in [-0.05, 0) is 43.0 Å². The van der Waals surface area contributed by atoms with Gasteiger partial charge in [-0.3, -0.25) is 9.59 Å². The van der Waals surface area contributed by atoms with Crippen LogP contribution in [-0.4, -0.2) is 50.7 Å². The van der Waals surface area contributed by atoms with E-state index in [4.69, 9.17) is 0 Å². The Bertz CT molecular complexity index is 844. The van der Waals surface area contributed by atoms with E-state index in [0.29, 0.717) is 37.8 Å². The maximum absolute atomic E-state index is 12.6. The van der Waals surface area contributed by atoms with Gasteiger partial charge >= 0.3 is 0 Å². The fourth-order valence-corrected chi connectivity index (χ4v) is 5.88. The van der Waals surface area contributed by atoms with E-state index >= 15 is 0 Å². The number of amides is 2. The van der Waals surface area contributed by atoms with Crippen LogP contribution in [0.2, 0.25) is 0 Å². The molecular formula is C22H33N3O4S. The Hall–Kier alpha value is -1.93. The molecule has 2 amide bonds. The van der Waals surface area contributed by atoms with Crippen molar-refractivity contribution in [3.8, 4) is 0 Å². The minimum Gasteiger partial charge on any atom is -0.356 e. The number of nitrogens with zero attached hydrogens (tertiary/aromatic N) is 2. The Labute approximate surface area is 179 Å². The van der Waals surface area contributed by atoms with Gasteiger partial charge in [-0.1, -0.05) is 33.1 Å². The highest BCUT2D eigenvalue weighted by Gasteiger charge is 2.35. The summed E-state index contributed by atoms with van der Waals surface area (Å²) in [5.41, 5.74) is 0.626. The summed E-state index contributed by atoms with van der Waals surface area (Å²) in [6.07, 6.45) is 6.27. The van der Waals surface area contributed by atoms with E-state index in [1.807, 2.05) is 0 Å². The molecule has 1 N–H and O–H groups in total. The number of hydrogen-bond donors (Lipinski definition) is 1. The number of carbonyl (C=O) groups excluding carboxylic acids is 2. The number of benzene rings is 1. The average molecular weight is 436 g/mol. The molecule has 1 atom stereocenters. The summed E-state index contributed by atoms with van der Waals surface area (Å²) in [5, 5.41) is 3.04. The number of anilines is 1. The van der Waals surface area contributed by atoms with Crippen LogP contribution in [0.25, 0.3) is 0 Å². The lowest BCUT2D eigenvalue weighted by molar-refractivity contribution is -0.126. The largest absolute Gasteiger partial charge is 0.356 e. The third-order valence-corrected chi connectivity index (χ3v) is 8.34. The molecule has 1 saturated carbocycles. The van der Waals surface area contributed by atoms with Gasteiger partial charge in [0.1, 0.15) is 0 Å². The Morgan fingerprint density at radius 3 is 2.33 bits per heavy atom. The second-order valence-electron chi connectivity index (χ2n) is 8.24. The van der Waals surface area contributed by atoms with Gasteiger partial charge in [-0.15, -0.1) is 0 Å². The van der Waals surface area contributed by atoms with E-state index in [9.17, 15) is 18.0 Å². The standard InChI is InChI=1S/C22H33N3O4S/c1-3-24(4-2)30(28,29)20-12-10-19(11-13-20)25-16-18(14-21(25)26)22(27)23-15-17-8-6-5-7-9-17/h10-13,17-18H,3-9,14-16H2,1-2H3,(H,23,27)/t18-/m0/s1. The van der Waals surface area contributed by atoms with Crippen molar-refractivity contribution >= 4 is 27.5 Å². The summed E-state index contributed by atoms with van der Waals surface area (Å²) < 4.78 is 26.7. The van der Waals surface area contributed by atoms with Crippen molar-refractivity contribution in [1.29, 1.82) is 0 Å². The zero-order valence-electron chi connectivity index (χ0n) is 18.0. The van der Waals surface area contributed by atoms with Crippen molar-refractivity contribution < 1.29 is 18.0 Å². The molecule has 1 aromatic rings. The minimum atomic E-state index is -3.53. The first kappa shape index (κ1) is 22.7. The smallest absolute Gasteiger partial charge is 0.243 e. The molecule has 2 aliphatic rings. The molecule has 2 fully saturated rings.